The van der Waals surface area contributed by atoms with Crippen molar-refractivity contribution in [2.75, 3.05) is 25.1 Å². The van der Waals surface area contributed by atoms with Crippen LogP contribution in [0.1, 0.15) is 15.9 Å². The second-order valence-electron chi connectivity index (χ2n) is 6.74. The number of hydrogen-bond acceptors (Lipinski definition) is 6. The minimum absolute atomic E-state index is 0.0497. The van der Waals surface area contributed by atoms with Crippen LogP contribution in [0.4, 0.5) is 27.6 Å². The van der Waals surface area contributed by atoms with Gasteiger partial charge in [-0.2, -0.15) is 23.0 Å². The minimum atomic E-state index is -4.68. The van der Waals surface area contributed by atoms with Crippen molar-refractivity contribution >= 4 is 34.9 Å². The fourth-order valence-corrected chi connectivity index (χ4v) is 3.26. The highest BCUT2D eigenvalue weighted by atomic mass is 35.5. The van der Waals surface area contributed by atoms with Gasteiger partial charge in [0, 0.05) is 13.2 Å². The van der Waals surface area contributed by atoms with E-state index in [1.165, 1.54) is 11.9 Å². The lowest BCUT2D eigenvalue weighted by molar-refractivity contribution is -0.137. The van der Waals surface area contributed by atoms with Crippen molar-refractivity contribution in [3.63, 3.8) is 0 Å². The number of benzene rings is 1. The topological polar surface area (TPSA) is 77.3 Å². The standard InChI is InChI=1S/C20H13Cl2F5N4O3/c1-30(5-6-34-19(33)15-12(23)3-2-4-13(15)24)14-9-29-31(18(32)16(14)22)17-11(21)7-10(8-28-17)20(25,26)27/h2-4,7-9H,5-6H2,1H3. The average Bonchev–Trinajstić information content (AvgIpc) is 2.75. The van der Waals surface area contributed by atoms with E-state index < -0.39 is 45.5 Å². The molecule has 0 amide bonds. The first-order chi connectivity index (χ1) is 15.9. The molecule has 0 saturated heterocycles. The summed E-state index contributed by atoms with van der Waals surface area (Å²) in [5.41, 5.74) is -2.79. The van der Waals surface area contributed by atoms with Crippen molar-refractivity contribution in [3.8, 4) is 5.82 Å². The molecule has 0 atom stereocenters. The molecule has 7 nitrogen and oxygen atoms in total. The van der Waals surface area contributed by atoms with Crippen LogP contribution in [0.25, 0.3) is 5.82 Å². The number of carbonyl (C=O) groups excluding carboxylic acids is 1. The van der Waals surface area contributed by atoms with Crippen molar-refractivity contribution < 1.29 is 31.5 Å². The molecule has 2 aromatic heterocycles. The summed E-state index contributed by atoms with van der Waals surface area (Å²) < 4.78 is 71.2. The maximum absolute atomic E-state index is 13.7. The quantitative estimate of drug-likeness (QED) is 0.350. The Balaban J connectivity index is 1.75. The molecule has 1 aromatic carbocycles. The first-order valence-electron chi connectivity index (χ1n) is 9.25. The van der Waals surface area contributed by atoms with Gasteiger partial charge in [-0.3, -0.25) is 4.79 Å². The summed E-state index contributed by atoms with van der Waals surface area (Å²) in [6, 6.07) is 3.51. The Morgan fingerprint density at radius 1 is 1.18 bits per heavy atom. The van der Waals surface area contributed by atoms with E-state index in [2.05, 4.69) is 10.1 Å². The molecule has 0 spiro atoms. The van der Waals surface area contributed by atoms with E-state index in [1.807, 2.05) is 0 Å². The number of alkyl halides is 3. The van der Waals surface area contributed by atoms with Crippen LogP contribution in [-0.2, 0) is 10.9 Å². The Kier molecular flexibility index (Phi) is 7.41. The van der Waals surface area contributed by atoms with Gasteiger partial charge in [-0.1, -0.05) is 29.3 Å². The molecule has 2 heterocycles. The number of ether oxygens (including phenoxy) is 1. The third-order valence-corrected chi connectivity index (χ3v) is 5.12. The summed E-state index contributed by atoms with van der Waals surface area (Å²) >= 11 is 12.0. The van der Waals surface area contributed by atoms with Crippen LogP contribution < -0.4 is 10.5 Å². The molecular weight excluding hydrogens is 510 g/mol. The first-order valence-corrected chi connectivity index (χ1v) is 10.0. The molecule has 0 fully saturated rings. The minimum Gasteiger partial charge on any atom is -0.460 e. The summed E-state index contributed by atoms with van der Waals surface area (Å²) in [6.07, 6.45) is -3.06. The molecule has 3 rings (SSSR count). The van der Waals surface area contributed by atoms with Gasteiger partial charge >= 0.3 is 12.1 Å². The lowest BCUT2D eigenvalue weighted by Gasteiger charge is -2.20. The van der Waals surface area contributed by atoms with E-state index in [0.717, 1.165) is 24.4 Å². The van der Waals surface area contributed by atoms with Gasteiger partial charge in [-0.25, -0.2) is 18.6 Å². The van der Waals surface area contributed by atoms with Gasteiger partial charge in [0.15, 0.2) is 5.82 Å². The van der Waals surface area contributed by atoms with Crippen LogP contribution in [0, 0.1) is 11.6 Å². The predicted octanol–water partition coefficient (Wildman–Crippen LogP) is 4.52. The average molecular weight is 523 g/mol. The summed E-state index contributed by atoms with van der Waals surface area (Å²) in [7, 11) is 1.47. The molecule has 0 unspecified atom stereocenters. The van der Waals surface area contributed by atoms with Gasteiger partial charge in [0.1, 0.15) is 28.8 Å². The van der Waals surface area contributed by atoms with E-state index in [1.54, 1.807) is 0 Å². The number of esters is 1. The van der Waals surface area contributed by atoms with Gasteiger partial charge < -0.3 is 9.64 Å². The molecule has 0 saturated carbocycles. The van der Waals surface area contributed by atoms with E-state index in [9.17, 15) is 31.5 Å². The number of aromatic nitrogens is 3. The Bertz CT molecular complexity index is 1280. The van der Waals surface area contributed by atoms with Crippen LogP contribution >= 0.6 is 23.2 Å². The highest BCUT2D eigenvalue weighted by molar-refractivity contribution is 6.33. The van der Waals surface area contributed by atoms with Gasteiger partial charge in [0.2, 0.25) is 0 Å². The summed E-state index contributed by atoms with van der Waals surface area (Å²) in [5, 5.41) is 2.99. The molecular formula is C20H13Cl2F5N4O3. The van der Waals surface area contributed by atoms with Gasteiger partial charge in [-0.05, 0) is 18.2 Å². The fourth-order valence-electron chi connectivity index (χ4n) is 2.74. The second kappa shape index (κ2) is 9.94. The number of hydrogen-bond donors (Lipinski definition) is 0. The maximum atomic E-state index is 13.7. The van der Waals surface area contributed by atoms with E-state index >= 15 is 0 Å². The Hall–Kier alpha value is -3.25. The number of halogens is 7. The number of carbonyl (C=O) groups is 1. The van der Waals surface area contributed by atoms with Crippen molar-refractivity contribution in [2.45, 2.75) is 6.18 Å². The fraction of sp³-hybridized carbons (Fsp3) is 0.200. The molecule has 3 aromatic rings. The molecule has 0 aliphatic heterocycles. The van der Waals surface area contributed by atoms with Crippen LogP contribution in [0.5, 0.6) is 0 Å². The maximum Gasteiger partial charge on any atom is 0.417 e. The highest BCUT2D eigenvalue weighted by Gasteiger charge is 2.32. The number of pyridine rings is 1. The van der Waals surface area contributed by atoms with E-state index in [0.29, 0.717) is 16.9 Å². The zero-order chi connectivity index (χ0) is 25.2. The number of nitrogens with zero attached hydrogens (tertiary/aromatic N) is 4. The summed E-state index contributed by atoms with van der Waals surface area (Å²) in [6.45, 7) is -0.374. The predicted molar refractivity (Wildman–Crippen MR) is 113 cm³/mol. The van der Waals surface area contributed by atoms with Gasteiger partial charge in [0.05, 0.1) is 29.0 Å². The Morgan fingerprint density at radius 3 is 2.41 bits per heavy atom. The molecule has 0 radical (unpaired) electrons. The molecule has 0 bridgehead atoms. The number of anilines is 1. The van der Waals surface area contributed by atoms with Crippen LogP contribution in [0.3, 0.4) is 0 Å². The highest BCUT2D eigenvalue weighted by Crippen LogP contribution is 2.32. The van der Waals surface area contributed by atoms with Crippen LogP contribution in [-0.4, -0.2) is 40.9 Å². The first kappa shape index (κ1) is 25.4. The second-order valence-corrected chi connectivity index (χ2v) is 7.53. The summed E-state index contributed by atoms with van der Waals surface area (Å²) in [5.74, 6) is -3.74. The Labute approximate surface area is 198 Å². The van der Waals surface area contributed by atoms with Crippen molar-refractivity contribution in [1.29, 1.82) is 0 Å². The van der Waals surface area contributed by atoms with Gasteiger partial charge in [-0.15, -0.1) is 0 Å². The smallest absolute Gasteiger partial charge is 0.417 e. The van der Waals surface area contributed by atoms with Crippen molar-refractivity contribution in [2.24, 2.45) is 0 Å². The number of likely N-dealkylation sites (N-methyl/N-ethyl adjacent to an activating group) is 1. The van der Waals surface area contributed by atoms with Crippen molar-refractivity contribution in [1.82, 2.24) is 14.8 Å². The van der Waals surface area contributed by atoms with Crippen LogP contribution in [0.2, 0.25) is 10.0 Å². The molecule has 14 heteroatoms. The largest absolute Gasteiger partial charge is 0.460 e. The van der Waals surface area contributed by atoms with E-state index in [-0.39, 0.29) is 29.7 Å². The Morgan fingerprint density at radius 2 is 1.82 bits per heavy atom. The molecule has 0 aliphatic rings. The molecule has 0 aliphatic carbocycles. The lowest BCUT2D eigenvalue weighted by atomic mass is 10.2. The van der Waals surface area contributed by atoms with E-state index in [4.69, 9.17) is 27.9 Å². The normalized spacial score (nSPS) is 11.4. The SMILES string of the molecule is CN(CCOC(=O)c1c(F)cccc1F)c1cnn(-c2ncc(C(F)(F)F)cc2Cl)c(=O)c1Cl. The summed E-state index contributed by atoms with van der Waals surface area (Å²) in [4.78, 5) is 29.5. The zero-order valence-electron chi connectivity index (χ0n) is 17.0. The molecule has 180 valence electrons. The third kappa shape index (κ3) is 5.28. The third-order valence-electron chi connectivity index (χ3n) is 4.49. The number of rotatable bonds is 6. The van der Waals surface area contributed by atoms with Crippen LogP contribution in [0.15, 0.2) is 41.5 Å². The molecule has 34 heavy (non-hydrogen) atoms. The van der Waals surface area contributed by atoms with Gasteiger partial charge in [0.25, 0.3) is 5.56 Å². The lowest BCUT2D eigenvalue weighted by Crippen LogP contribution is -2.29. The monoisotopic (exact) mass is 522 g/mol. The van der Waals surface area contributed by atoms with Crippen molar-refractivity contribution in [3.05, 3.63) is 79.8 Å². The zero-order valence-corrected chi connectivity index (χ0v) is 18.5. The molecule has 0 N–H and O–H groups in total.